The molecule has 0 bridgehead atoms. The van der Waals surface area contributed by atoms with Crippen molar-refractivity contribution in [2.24, 2.45) is 5.11 Å². The molecule has 1 fully saturated rings. The number of amides is 1. The van der Waals surface area contributed by atoms with Crippen molar-refractivity contribution in [3.05, 3.63) is 10.4 Å². The second kappa shape index (κ2) is 5.05. The Hall–Kier alpha value is -1.45. The maximum absolute atomic E-state index is 12.3. The van der Waals surface area contributed by atoms with Gasteiger partial charge in [0.15, 0.2) is 0 Å². The van der Waals surface area contributed by atoms with Crippen molar-refractivity contribution in [3.63, 3.8) is 0 Å². The fourth-order valence-corrected chi connectivity index (χ4v) is 1.80. The number of nitrogens with zero attached hydrogens (tertiary/aromatic N) is 4. The number of carbonyl (C=O) groups is 1. The summed E-state index contributed by atoms with van der Waals surface area (Å²) in [7, 11) is 5.33. The molecule has 4 atom stereocenters. The van der Waals surface area contributed by atoms with Crippen molar-refractivity contribution < 1.29 is 28.2 Å². The molecule has 1 heterocycles. The fourth-order valence-electron chi connectivity index (χ4n) is 1.80. The number of aliphatic hydroxyl groups excluding tert-OH is 2. The second-order valence-corrected chi connectivity index (χ2v) is 3.64. The first kappa shape index (κ1) is 14.6. The molecular weight excluding hydrogens is 256 g/mol. The monoisotopic (exact) mass is 264 g/mol. The summed E-state index contributed by atoms with van der Waals surface area (Å²) in [5.41, 5.74) is 8.21. The average molecular weight is 264 g/mol. The van der Waals surface area contributed by atoms with E-state index < -0.39 is 42.8 Å². The van der Waals surface area contributed by atoms with Crippen LogP contribution in [0.1, 0.15) is 0 Å². The van der Waals surface area contributed by atoms with Gasteiger partial charge in [-0.05, 0) is 5.53 Å². The van der Waals surface area contributed by atoms with E-state index >= 15 is 0 Å². The lowest BCUT2D eigenvalue weighted by atomic mass is 9.89. The third-order valence-electron chi connectivity index (χ3n) is 2.62. The number of alkyl halides is 3. The summed E-state index contributed by atoms with van der Waals surface area (Å²) in [5.74, 6) is -3.95. The molecule has 0 saturated carbocycles. The SMILES string of the molecule is [B][C@H]1[C@H](N=[N+]=[N-])[C@H](O)[C@@H](CO)N1C(=O)C(F)(F)F. The first-order valence-electron chi connectivity index (χ1n) is 4.74. The molecule has 0 unspecified atom stereocenters. The zero-order valence-electron chi connectivity index (χ0n) is 8.82. The molecule has 98 valence electrons. The van der Waals surface area contributed by atoms with Gasteiger partial charge in [0.2, 0.25) is 0 Å². The summed E-state index contributed by atoms with van der Waals surface area (Å²) in [6.45, 7) is -0.936. The van der Waals surface area contributed by atoms with Crippen molar-refractivity contribution in [1.29, 1.82) is 0 Å². The number of carbonyl (C=O) groups excluding carboxylic acids is 1. The van der Waals surface area contributed by atoms with E-state index in [2.05, 4.69) is 10.0 Å². The first-order valence-corrected chi connectivity index (χ1v) is 4.74. The summed E-state index contributed by atoms with van der Waals surface area (Å²) < 4.78 is 36.9. The van der Waals surface area contributed by atoms with E-state index in [-0.39, 0.29) is 4.90 Å². The Morgan fingerprint density at radius 3 is 2.50 bits per heavy atom. The third kappa shape index (κ3) is 2.38. The molecule has 11 heteroatoms. The molecule has 1 aliphatic heterocycles. The molecule has 2 N–H and O–H groups in total. The minimum Gasteiger partial charge on any atom is -0.394 e. The van der Waals surface area contributed by atoms with Gasteiger partial charge < -0.3 is 15.1 Å². The van der Waals surface area contributed by atoms with Crippen LogP contribution in [0.5, 0.6) is 0 Å². The molecule has 1 saturated heterocycles. The fraction of sp³-hybridized carbons (Fsp3) is 0.857. The average Bonchev–Trinajstić information content (AvgIpc) is 2.51. The van der Waals surface area contributed by atoms with Gasteiger partial charge in [0.1, 0.15) is 0 Å². The molecule has 0 aliphatic carbocycles. The van der Waals surface area contributed by atoms with E-state index in [0.29, 0.717) is 0 Å². The second-order valence-electron chi connectivity index (χ2n) is 3.64. The molecule has 0 aromatic rings. The maximum atomic E-state index is 12.3. The highest BCUT2D eigenvalue weighted by atomic mass is 19.4. The van der Waals surface area contributed by atoms with Crippen LogP contribution in [0.25, 0.3) is 10.4 Å². The van der Waals surface area contributed by atoms with Crippen molar-refractivity contribution in [2.75, 3.05) is 6.61 Å². The lowest BCUT2D eigenvalue weighted by Crippen LogP contribution is -2.51. The van der Waals surface area contributed by atoms with Crippen molar-refractivity contribution >= 4 is 13.8 Å². The highest BCUT2D eigenvalue weighted by molar-refractivity contribution is 6.14. The quantitative estimate of drug-likeness (QED) is 0.297. The van der Waals surface area contributed by atoms with Crippen LogP contribution < -0.4 is 0 Å². The Morgan fingerprint density at radius 2 is 2.11 bits per heavy atom. The molecule has 18 heavy (non-hydrogen) atoms. The normalized spacial score (nSPS) is 32.2. The van der Waals surface area contributed by atoms with E-state index in [1.807, 2.05) is 0 Å². The molecule has 2 radical (unpaired) electrons. The third-order valence-corrected chi connectivity index (χ3v) is 2.62. The smallest absolute Gasteiger partial charge is 0.394 e. The van der Waals surface area contributed by atoms with Gasteiger partial charge in [-0.15, -0.1) is 0 Å². The predicted octanol–water partition coefficient (Wildman–Crippen LogP) is -0.714. The van der Waals surface area contributed by atoms with Crippen LogP contribution in [0.2, 0.25) is 0 Å². The van der Waals surface area contributed by atoms with Crippen molar-refractivity contribution in [3.8, 4) is 0 Å². The van der Waals surface area contributed by atoms with E-state index in [1.165, 1.54) is 0 Å². The number of halogens is 3. The molecule has 1 amide bonds. The van der Waals surface area contributed by atoms with Gasteiger partial charge in [-0.3, -0.25) is 4.79 Å². The van der Waals surface area contributed by atoms with Crippen LogP contribution in [0.4, 0.5) is 13.2 Å². The van der Waals surface area contributed by atoms with Crippen LogP contribution in [-0.4, -0.2) is 65.8 Å². The zero-order chi connectivity index (χ0) is 14.1. The van der Waals surface area contributed by atoms with Crippen molar-refractivity contribution in [1.82, 2.24) is 4.90 Å². The van der Waals surface area contributed by atoms with Crippen LogP contribution in [0.3, 0.4) is 0 Å². The molecule has 0 aromatic heterocycles. The number of hydrogen-bond donors (Lipinski definition) is 2. The molecular formula is C7H8BF3N4O3. The van der Waals surface area contributed by atoms with E-state index in [1.54, 1.807) is 0 Å². The summed E-state index contributed by atoms with van der Waals surface area (Å²) in [6, 6.07) is -3.01. The van der Waals surface area contributed by atoms with Crippen LogP contribution >= 0.6 is 0 Å². The molecule has 0 spiro atoms. The summed E-state index contributed by atoms with van der Waals surface area (Å²) >= 11 is 0. The summed E-state index contributed by atoms with van der Waals surface area (Å²) in [5, 5.41) is 21.5. The number of likely N-dealkylation sites (tertiary alicyclic amines) is 1. The lowest BCUT2D eigenvalue weighted by Gasteiger charge is -2.29. The van der Waals surface area contributed by atoms with Crippen LogP contribution in [0.15, 0.2) is 5.11 Å². The van der Waals surface area contributed by atoms with Gasteiger partial charge in [0.05, 0.1) is 32.6 Å². The number of rotatable bonds is 2. The van der Waals surface area contributed by atoms with Crippen LogP contribution in [-0.2, 0) is 4.79 Å². The number of hydrogen-bond acceptors (Lipinski definition) is 4. The van der Waals surface area contributed by atoms with Gasteiger partial charge in [-0.2, -0.15) is 13.2 Å². The van der Waals surface area contributed by atoms with Crippen molar-refractivity contribution in [2.45, 2.75) is 30.3 Å². The van der Waals surface area contributed by atoms with Gasteiger partial charge in [-0.1, -0.05) is 5.11 Å². The van der Waals surface area contributed by atoms with Gasteiger partial charge in [-0.25, -0.2) is 0 Å². The largest absolute Gasteiger partial charge is 0.471 e. The maximum Gasteiger partial charge on any atom is 0.471 e. The van der Waals surface area contributed by atoms with E-state index in [0.717, 1.165) is 0 Å². The topological polar surface area (TPSA) is 110 Å². The Morgan fingerprint density at radius 1 is 1.56 bits per heavy atom. The first-order chi connectivity index (χ1) is 8.25. The van der Waals surface area contributed by atoms with Gasteiger partial charge in [0, 0.05) is 10.9 Å². The number of aliphatic hydroxyl groups is 2. The number of azide groups is 1. The molecule has 1 rings (SSSR count). The highest BCUT2D eigenvalue weighted by Gasteiger charge is 2.54. The Balaban J connectivity index is 3.10. The predicted molar refractivity (Wildman–Crippen MR) is 52.3 cm³/mol. The molecule has 1 aliphatic rings. The minimum atomic E-state index is -5.20. The van der Waals surface area contributed by atoms with Crippen LogP contribution in [0, 0.1) is 0 Å². The van der Waals surface area contributed by atoms with Gasteiger partial charge in [0.25, 0.3) is 0 Å². The lowest BCUT2D eigenvalue weighted by molar-refractivity contribution is -0.188. The Labute approximate surface area is 100 Å². The van der Waals surface area contributed by atoms with E-state index in [4.69, 9.17) is 18.5 Å². The minimum absolute atomic E-state index is 0.0873. The van der Waals surface area contributed by atoms with Gasteiger partial charge >= 0.3 is 12.1 Å². The highest BCUT2D eigenvalue weighted by Crippen LogP contribution is 2.30. The Bertz CT molecular complexity index is 387. The molecule has 7 nitrogen and oxygen atoms in total. The zero-order valence-corrected chi connectivity index (χ0v) is 8.82. The summed E-state index contributed by atoms with van der Waals surface area (Å²) in [4.78, 5) is 13.5. The molecule has 0 aromatic carbocycles. The van der Waals surface area contributed by atoms with E-state index in [9.17, 15) is 23.1 Å². The summed E-state index contributed by atoms with van der Waals surface area (Å²) in [6.07, 6.45) is -6.86. The Kier molecular flexibility index (Phi) is 4.10. The standard InChI is InChI=1S/C7H8BF3N4O3/c8-5-3(13-14-12)4(17)2(1-16)15(5)6(18)7(9,10)11/h2-5,16-17H,1H2/t2-,3-,4-,5-/m1/s1.